The normalized spacial score (nSPS) is 13.9. The molecule has 3 aromatic rings. The van der Waals surface area contributed by atoms with E-state index in [1.807, 2.05) is 12.2 Å². The molecule has 1 fully saturated rings. The second kappa shape index (κ2) is 14.7. The van der Waals surface area contributed by atoms with Crippen molar-refractivity contribution in [2.24, 2.45) is 0 Å². The van der Waals surface area contributed by atoms with Crippen molar-refractivity contribution in [2.45, 2.75) is 38.5 Å². The molecular weight excluding hydrogens is 404 g/mol. The van der Waals surface area contributed by atoms with Crippen LogP contribution in [0.3, 0.4) is 0 Å². The molecule has 5 rings (SSSR count). The van der Waals surface area contributed by atoms with E-state index in [0.717, 1.165) is 6.42 Å². The van der Waals surface area contributed by atoms with Crippen LogP contribution in [-0.2, 0) is 26.2 Å². The van der Waals surface area contributed by atoms with Gasteiger partial charge in [0, 0.05) is 26.2 Å². The SMILES string of the molecule is [C-]1=CC=CC1.[CH-]1CCCCC1.[CH3-].[CH3-].[Zr].c1ccc2c(c1)[cH-]c1ccccc12. The third kappa shape index (κ3) is 8.06. The van der Waals surface area contributed by atoms with Crippen LogP contribution in [0.5, 0.6) is 0 Å². The van der Waals surface area contributed by atoms with Crippen LogP contribution in [0.2, 0.25) is 0 Å². The van der Waals surface area contributed by atoms with Gasteiger partial charge in [-0.05, 0) is 0 Å². The second-order valence-electron chi connectivity index (χ2n) is 6.25. The van der Waals surface area contributed by atoms with Gasteiger partial charge in [-0.3, -0.25) is 6.08 Å². The van der Waals surface area contributed by atoms with Gasteiger partial charge in [0.2, 0.25) is 0 Å². The first-order valence-corrected chi connectivity index (χ1v) is 9.02. The van der Waals surface area contributed by atoms with Crippen molar-refractivity contribution < 1.29 is 26.2 Å². The Morgan fingerprint density at radius 3 is 1.63 bits per heavy atom. The molecule has 0 atom stereocenters. The second-order valence-corrected chi connectivity index (χ2v) is 6.25. The molecule has 0 aliphatic heterocycles. The first kappa shape index (κ1) is 25.7. The zero-order chi connectivity index (χ0) is 16.5. The number of allylic oxidation sites excluding steroid dienone is 4. The molecule has 0 aromatic heterocycles. The van der Waals surface area contributed by atoms with Crippen LogP contribution in [-0.4, -0.2) is 0 Å². The Morgan fingerprint density at radius 1 is 0.741 bits per heavy atom. The zero-order valence-corrected chi connectivity index (χ0v) is 19.2. The largest absolute Gasteiger partial charge is 0.358 e. The van der Waals surface area contributed by atoms with Gasteiger partial charge in [0.1, 0.15) is 0 Å². The molecule has 1 heteroatoms. The molecule has 0 N–H and O–H groups in total. The van der Waals surface area contributed by atoms with Gasteiger partial charge >= 0.3 is 0 Å². The number of benzene rings is 2. The Kier molecular flexibility index (Phi) is 14.0. The Bertz CT molecular complexity index is 731. The fourth-order valence-electron chi connectivity index (χ4n) is 3.14. The third-order valence-electron chi connectivity index (χ3n) is 4.43. The van der Waals surface area contributed by atoms with E-state index in [-0.39, 0.29) is 41.1 Å². The fraction of sp³-hybridized carbons (Fsp3) is 0.231. The van der Waals surface area contributed by atoms with Crippen LogP contribution in [0.4, 0.5) is 0 Å². The van der Waals surface area contributed by atoms with E-state index in [2.05, 4.69) is 73.2 Å². The molecular formula is C26H31Zr-5. The summed E-state index contributed by atoms with van der Waals surface area (Å²) in [5.74, 6) is 0. The number of fused-ring (bicyclic) bond motifs is 3. The maximum Gasteiger partial charge on any atom is 0 e. The fourth-order valence-corrected chi connectivity index (χ4v) is 3.14. The van der Waals surface area contributed by atoms with Crippen molar-refractivity contribution >= 4 is 21.5 Å². The molecule has 2 aliphatic rings. The number of hydrogen-bond acceptors (Lipinski definition) is 0. The van der Waals surface area contributed by atoms with E-state index in [0.29, 0.717) is 0 Å². The van der Waals surface area contributed by atoms with Crippen molar-refractivity contribution in [1.29, 1.82) is 0 Å². The van der Waals surface area contributed by atoms with E-state index in [1.54, 1.807) is 0 Å². The molecule has 0 spiro atoms. The van der Waals surface area contributed by atoms with E-state index in [4.69, 9.17) is 0 Å². The first-order valence-electron chi connectivity index (χ1n) is 9.02. The Labute approximate surface area is 185 Å². The van der Waals surface area contributed by atoms with E-state index in [9.17, 15) is 0 Å². The van der Waals surface area contributed by atoms with Crippen LogP contribution in [0.1, 0.15) is 38.5 Å². The summed E-state index contributed by atoms with van der Waals surface area (Å²) in [6.45, 7) is 0. The molecule has 1 saturated carbocycles. The summed E-state index contributed by atoms with van der Waals surface area (Å²) < 4.78 is 0. The minimum Gasteiger partial charge on any atom is -0.358 e. The Morgan fingerprint density at radius 2 is 1.30 bits per heavy atom. The molecule has 2 aliphatic carbocycles. The van der Waals surface area contributed by atoms with Crippen LogP contribution >= 0.6 is 0 Å². The van der Waals surface area contributed by atoms with Crippen LogP contribution in [0, 0.1) is 27.4 Å². The predicted molar refractivity (Wildman–Crippen MR) is 119 cm³/mol. The summed E-state index contributed by atoms with van der Waals surface area (Å²) in [7, 11) is 0. The van der Waals surface area contributed by atoms with Crippen molar-refractivity contribution in [1.82, 2.24) is 0 Å². The van der Waals surface area contributed by atoms with Gasteiger partial charge in [-0.15, -0.1) is 46.2 Å². The van der Waals surface area contributed by atoms with Gasteiger partial charge < -0.3 is 21.3 Å². The topological polar surface area (TPSA) is 0 Å². The van der Waals surface area contributed by atoms with Crippen molar-refractivity contribution in [3.05, 3.63) is 100 Å². The summed E-state index contributed by atoms with van der Waals surface area (Å²) in [6.07, 6.45) is 19.5. The van der Waals surface area contributed by atoms with Gasteiger partial charge in [-0.1, -0.05) is 55.7 Å². The van der Waals surface area contributed by atoms with Crippen molar-refractivity contribution in [2.75, 3.05) is 0 Å². The molecule has 0 amide bonds. The summed E-state index contributed by atoms with van der Waals surface area (Å²) in [4.78, 5) is 0. The molecule has 0 unspecified atom stereocenters. The monoisotopic (exact) mass is 433 g/mol. The van der Waals surface area contributed by atoms with Gasteiger partial charge in [0.15, 0.2) is 0 Å². The first-order chi connectivity index (χ1) is 11.9. The smallest absolute Gasteiger partial charge is 0 e. The Balaban J connectivity index is 0.000000412. The summed E-state index contributed by atoms with van der Waals surface area (Å²) in [5.41, 5.74) is 0. The summed E-state index contributed by atoms with van der Waals surface area (Å²) in [6, 6.07) is 19.3. The van der Waals surface area contributed by atoms with E-state index >= 15 is 0 Å². The van der Waals surface area contributed by atoms with Crippen molar-refractivity contribution in [3.63, 3.8) is 0 Å². The van der Waals surface area contributed by atoms with Crippen LogP contribution < -0.4 is 0 Å². The van der Waals surface area contributed by atoms with Gasteiger partial charge in [-0.25, -0.2) is 12.2 Å². The van der Waals surface area contributed by atoms with Gasteiger partial charge in [-0.2, -0.15) is 18.9 Å². The Hall–Kier alpha value is -1.33. The van der Waals surface area contributed by atoms with Crippen LogP contribution in [0.15, 0.2) is 72.8 Å². The van der Waals surface area contributed by atoms with Crippen LogP contribution in [0.25, 0.3) is 21.5 Å². The quantitative estimate of drug-likeness (QED) is 0.314. The maximum absolute atomic E-state index is 2.99. The zero-order valence-electron chi connectivity index (χ0n) is 16.7. The standard InChI is InChI=1S/C13H9.C6H11.C5H5.2CH3.Zr/c1-3-7-12-10(5-1)9-11-6-2-4-8-13(11)12;1-2-4-6-5-3-1;1-2-4-5-3-1;;;/h1-9H;1H,2-6H2;1-3H,4H2;2*1H3;/q5*-1;. The molecule has 0 saturated heterocycles. The predicted octanol–water partition coefficient (Wildman–Crippen LogP) is 8.07. The van der Waals surface area contributed by atoms with E-state index in [1.165, 1.54) is 53.6 Å². The molecule has 0 radical (unpaired) electrons. The summed E-state index contributed by atoms with van der Waals surface area (Å²) in [5, 5.41) is 5.39. The average molecular weight is 435 g/mol. The maximum atomic E-state index is 2.99. The third-order valence-corrected chi connectivity index (χ3v) is 4.43. The molecule has 144 valence electrons. The van der Waals surface area contributed by atoms with Gasteiger partial charge in [0.25, 0.3) is 0 Å². The average Bonchev–Trinajstić information content (AvgIpc) is 3.35. The van der Waals surface area contributed by atoms with Gasteiger partial charge in [0.05, 0.1) is 0 Å². The summed E-state index contributed by atoms with van der Waals surface area (Å²) >= 11 is 0. The molecule has 0 heterocycles. The minimum atomic E-state index is 0. The number of hydrogen-bond donors (Lipinski definition) is 0. The molecule has 0 bridgehead atoms. The molecule has 3 aromatic carbocycles. The number of rotatable bonds is 0. The molecule has 27 heavy (non-hydrogen) atoms. The van der Waals surface area contributed by atoms with E-state index < -0.39 is 0 Å². The van der Waals surface area contributed by atoms with Crippen molar-refractivity contribution in [3.8, 4) is 0 Å². The molecule has 0 nitrogen and oxygen atoms in total. The minimum absolute atomic E-state index is 0.